The minimum atomic E-state index is 0.0437. The van der Waals surface area contributed by atoms with Crippen molar-refractivity contribution in [3.63, 3.8) is 0 Å². The Kier molecular flexibility index (Phi) is 2.14. The summed E-state index contributed by atoms with van der Waals surface area (Å²) in [4.78, 5) is 4.05. The topological polar surface area (TPSA) is 66.1 Å². The highest BCUT2D eigenvalue weighted by molar-refractivity contribution is 5.83. The molecular weight excluding hydrogens is 192 g/mol. The van der Waals surface area contributed by atoms with E-state index < -0.39 is 0 Å². The molecule has 0 unspecified atom stereocenters. The van der Waals surface area contributed by atoms with Crippen LogP contribution in [0, 0.1) is 11.3 Å². The van der Waals surface area contributed by atoms with E-state index in [9.17, 15) is 5.11 Å². The minimum Gasteiger partial charge on any atom is -0.504 e. The van der Waals surface area contributed by atoms with Crippen molar-refractivity contribution in [1.82, 2.24) is 4.98 Å². The van der Waals surface area contributed by atoms with Crippen LogP contribution in [-0.2, 0) is 0 Å². The minimum absolute atomic E-state index is 0.0437. The average Bonchev–Trinajstić information content (AvgIpc) is 2.27. The Labute approximate surface area is 86.4 Å². The molecule has 74 valence electrons. The summed E-state index contributed by atoms with van der Waals surface area (Å²) < 4.78 is 4.97. The lowest BCUT2D eigenvalue weighted by molar-refractivity contribution is 0.374. The van der Waals surface area contributed by atoms with Crippen molar-refractivity contribution in [1.29, 1.82) is 5.26 Å². The molecule has 0 aliphatic heterocycles. The van der Waals surface area contributed by atoms with Crippen molar-refractivity contribution in [2.75, 3.05) is 7.11 Å². The molecule has 0 fully saturated rings. The molecule has 4 heteroatoms. The molecule has 0 saturated carbocycles. The van der Waals surface area contributed by atoms with Crippen molar-refractivity contribution < 1.29 is 9.84 Å². The van der Waals surface area contributed by atoms with Crippen molar-refractivity contribution in [2.24, 2.45) is 0 Å². The third kappa shape index (κ3) is 1.55. The van der Waals surface area contributed by atoms with Crippen molar-refractivity contribution in [2.45, 2.75) is 0 Å². The van der Waals surface area contributed by atoms with Gasteiger partial charge in [-0.3, -0.25) is 4.98 Å². The van der Waals surface area contributed by atoms with E-state index in [1.165, 1.54) is 19.4 Å². The maximum absolute atomic E-state index is 9.51. The first kappa shape index (κ1) is 9.28. The molecule has 2 aromatic rings. The smallest absolute Gasteiger partial charge is 0.161 e. The van der Waals surface area contributed by atoms with Crippen LogP contribution >= 0.6 is 0 Å². The molecule has 0 aliphatic rings. The van der Waals surface area contributed by atoms with Gasteiger partial charge < -0.3 is 9.84 Å². The number of phenolic OH excluding ortho intramolecular Hbond substituents is 1. The van der Waals surface area contributed by atoms with Crippen LogP contribution in [-0.4, -0.2) is 17.2 Å². The van der Waals surface area contributed by atoms with Gasteiger partial charge in [-0.2, -0.15) is 5.26 Å². The molecule has 15 heavy (non-hydrogen) atoms. The number of nitrogens with zero attached hydrogens (tertiary/aromatic N) is 2. The second-order valence-corrected chi connectivity index (χ2v) is 3.05. The summed E-state index contributed by atoms with van der Waals surface area (Å²) in [6.07, 6.45) is 1.47. The average molecular weight is 200 g/mol. The Morgan fingerprint density at radius 3 is 2.87 bits per heavy atom. The van der Waals surface area contributed by atoms with E-state index in [1.807, 2.05) is 6.07 Å². The molecule has 1 aromatic heterocycles. The maximum Gasteiger partial charge on any atom is 0.161 e. The Morgan fingerprint density at radius 1 is 1.40 bits per heavy atom. The number of methoxy groups -OCH3 is 1. The number of benzene rings is 1. The SMILES string of the molecule is COc1cc2cc(C#N)cnc2cc1O. The molecule has 1 heterocycles. The summed E-state index contributed by atoms with van der Waals surface area (Å²) >= 11 is 0. The zero-order valence-electron chi connectivity index (χ0n) is 8.06. The highest BCUT2D eigenvalue weighted by Gasteiger charge is 2.05. The van der Waals surface area contributed by atoms with Crippen molar-refractivity contribution in [3.8, 4) is 17.6 Å². The van der Waals surface area contributed by atoms with Gasteiger partial charge in [-0.15, -0.1) is 0 Å². The van der Waals surface area contributed by atoms with Gasteiger partial charge >= 0.3 is 0 Å². The molecule has 1 aromatic carbocycles. The molecule has 0 saturated heterocycles. The van der Waals surface area contributed by atoms with Gasteiger partial charge in [0.05, 0.1) is 18.2 Å². The summed E-state index contributed by atoms with van der Waals surface area (Å²) in [7, 11) is 1.47. The first-order valence-electron chi connectivity index (χ1n) is 4.31. The number of nitriles is 1. The Bertz CT molecular complexity index is 558. The summed E-state index contributed by atoms with van der Waals surface area (Å²) in [6.45, 7) is 0. The molecule has 0 aliphatic carbocycles. The quantitative estimate of drug-likeness (QED) is 0.762. The second-order valence-electron chi connectivity index (χ2n) is 3.05. The molecule has 1 N–H and O–H groups in total. The fourth-order valence-corrected chi connectivity index (χ4v) is 1.37. The lowest BCUT2D eigenvalue weighted by atomic mass is 10.1. The van der Waals surface area contributed by atoms with E-state index in [0.29, 0.717) is 16.8 Å². The van der Waals surface area contributed by atoms with Gasteiger partial charge in [0, 0.05) is 17.6 Å². The summed E-state index contributed by atoms with van der Waals surface area (Å²) in [6, 6.07) is 6.86. The molecule has 0 spiro atoms. The number of hydrogen-bond acceptors (Lipinski definition) is 4. The van der Waals surface area contributed by atoms with E-state index in [2.05, 4.69) is 4.98 Å². The molecular formula is C11H8N2O2. The van der Waals surface area contributed by atoms with Crippen molar-refractivity contribution >= 4 is 10.9 Å². The van der Waals surface area contributed by atoms with Gasteiger partial charge in [0.2, 0.25) is 0 Å². The zero-order chi connectivity index (χ0) is 10.8. The van der Waals surface area contributed by atoms with E-state index in [1.54, 1.807) is 12.1 Å². The van der Waals surface area contributed by atoms with Crippen LogP contribution in [0.4, 0.5) is 0 Å². The van der Waals surface area contributed by atoms with Gasteiger partial charge in [-0.1, -0.05) is 0 Å². The number of phenols is 1. The van der Waals surface area contributed by atoms with Crippen LogP contribution in [0.5, 0.6) is 11.5 Å². The maximum atomic E-state index is 9.51. The molecule has 0 bridgehead atoms. The fourth-order valence-electron chi connectivity index (χ4n) is 1.37. The number of hydrogen-bond donors (Lipinski definition) is 1. The normalized spacial score (nSPS) is 9.87. The van der Waals surface area contributed by atoms with Crippen LogP contribution in [0.2, 0.25) is 0 Å². The largest absolute Gasteiger partial charge is 0.504 e. The van der Waals surface area contributed by atoms with Gasteiger partial charge in [0.25, 0.3) is 0 Å². The third-order valence-electron chi connectivity index (χ3n) is 2.11. The first-order chi connectivity index (χ1) is 7.24. The predicted molar refractivity (Wildman–Crippen MR) is 54.7 cm³/mol. The van der Waals surface area contributed by atoms with Crippen LogP contribution in [0.25, 0.3) is 10.9 Å². The standard InChI is InChI=1S/C11H8N2O2/c1-15-11-3-8-2-7(5-12)6-13-9(8)4-10(11)14/h2-4,6,14H,1H3. The lowest BCUT2D eigenvalue weighted by Crippen LogP contribution is -1.86. The van der Waals surface area contributed by atoms with Gasteiger partial charge in [-0.05, 0) is 12.1 Å². The van der Waals surface area contributed by atoms with E-state index in [-0.39, 0.29) is 5.75 Å². The number of rotatable bonds is 1. The zero-order valence-corrected chi connectivity index (χ0v) is 8.06. The molecule has 2 rings (SSSR count). The molecule has 4 nitrogen and oxygen atoms in total. The van der Waals surface area contributed by atoms with Gasteiger partial charge in [0.15, 0.2) is 11.5 Å². The Balaban J connectivity index is 2.72. The lowest BCUT2D eigenvalue weighted by Gasteiger charge is -2.04. The third-order valence-corrected chi connectivity index (χ3v) is 2.11. The van der Waals surface area contributed by atoms with Crippen LogP contribution in [0.1, 0.15) is 5.56 Å². The number of ether oxygens (including phenoxy) is 1. The highest BCUT2D eigenvalue weighted by atomic mass is 16.5. The number of pyridine rings is 1. The van der Waals surface area contributed by atoms with E-state index in [4.69, 9.17) is 10.00 Å². The summed E-state index contributed by atoms with van der Waals surface area (Å²) in [5.74, 6) is 0.418. The predicted octanol–water partition coefficient (Wildman–Crippen LogP) is 1.82. The van der Waals surface area contributed by atoms with E-state index in [0.717, 1.165) is 5.39 Å². The fraction of sp³-hybridized carbons (Fsp3) is 0.0909. The van der Waals surface area contributed by atoms with Crippen molar-refractivity contribution in [3.05, 3.63) is 30.0 Å². The summed E-state index contributed by atoms with van der Waals surface area (Å²) in [5.41, 5.74) is 1.11. The van der Waals surface area contributed by atoms with Crippen LogP contribution in [0.15, 0.2) is 24.4 Å². The first-order valence-corrected chi connectivity index (χ1v) is 4.31. The monoisotopic (exact) mass is 200 g/mol. The van der Waals surface area contributed by atoms with E-state index >= 15 is 0 Å². The van der Waals surface area contributed by atoms with Crippen LogP contribution in [0.3, 0.4) is 0 Å². The van der Waals surface area contributed by atoms with Gasteiger partial charge in [-0.25, -0.2) is 0 Å². The number of aromatic nitrogens is 1. The van der Waals surface area contributed by atoms with Gasteiger partial charge in [0.1, 0.15) is 6.07 Å². The number of aromatic hydroxyl groups is 1. The Morgan fingerprint density at radius 2 is 2.20 bits per heavy atom. The molecule has 0 radical (unpaired) electrons. The molecule has 0 atom stereocenters. The molecule has 0 amide bonds. The number of fused-ring (bicyclic) bond motifs is 1. The Hall–Kier alpha value is -2.28. The summed E-state index contributed by atoms with van der Waals surface area (Å²) in [5, 5.41) is 19.0. The second kappa shape index (κ2) is 3.46. The van der Waals surface area contributed by atoms with Crippen LogP contribution < -0.4 is 4.74 Å². The highest BCUT2D eigenvalue weighted by Crippen LogP contribution is 2.30.